The van der Waals surface area contributed by atoms with Gasteiger partial charge in [-0.25, -0.2) is 4.39 Å². The van der Waals surface area contributed by atoms with Crippen molar-refractivity contribution >= 4 is 22.5 Å². The van der Waals surface area contributed by atoms with Crippen molar-refractivity contribution in [2.24, 2.45) is 0 Å². The number of benzene rings is 3. The van der Waals surface area contributed by atoms with Crippen LogP contribution in [-0.2, 0) is 11.3 Å². The summed E-state index contributed by atoms with van der Waals surface area (Å²) in [4.78, 5) is 23.8. The number of rotatable bonds is 9. The van der Waals surface area contributed by atoms with E-state index >= 15 is 0 Å². The largest absolute Gasteiger partial charge is 0.356 e. The smallest absolute Gasteiger partial charge is 0.270 e. The minimum atomic E-state index is -0.418. The molecule has 0 aliphatic carbocycles. The first-order valence-electron chi connectivity index (χ1n) is 11.3. The average Bonchev–Trinajstić information content (AvgIpc) is 3.19. The van der Waals surface area contributed by atoms with E-state index in [9.17, 15) is 19.3 Å². The molecule has 0 spiro atoms. The highest BCUT2D eigenvalue weighted by molar-refractivity contribution is 5.88. The molecule has 0 aliphatic rings. The predicted molar refractivity (Wildman–Crippen MR) is 130 cm³/mol. The molecule has 0 fully saturated rings. The van der Waals surface area contributed by atoms with E-state index in [1.807, 2.05) is 48.0 Å². The molecule has 174 valence electrons. The van der Waals surface area contributed by atoms with Gasteiger partial charge in [0.2, 0.25) is 5.91 Å². The predicted octanol–water partition coefficient (Wildman–Crippen LogP) is 5.79. The number of hydrogen-bond donors (Lipinski definition) is 1. The van der Waals surface area contributed by atoms with E-state index in [4.69, 9.17) is 0 Å². The Bertz CT molecular complexity index is 1300. The van der Waals surface area contributed by atoms with Crippen LogP contribution in [0.3, 0.4) is 0 Å². The number of hydrogen-bond acceptors (Lipinski definition) is 3. The zero-order valence-electron chi connectivity index (χ0n) is 18.9. The maximum Gasteiger partial charge on any atom is 0.270 e. The molecule has 0 radical (unpaired) electrons. The Balaban J connectivity index is 1.85. The maximum absolute atomic E-state index is 13.7. The molecule has 1 heterocycles. The minimum Gasteiger partial charge on any atom is -0.356 e. The summed E-state index contributed by atoms with van der Waals surface area (Å²) in [6.45, 7) is 3.12. The molecule has 7 heteroatoms. The van der Waals surface area contributed by atoms with Crippen molar-refractivity contribution in [3.05, 3.63) is 112 Å². The maximum atomic E-state index is 13.7. The summed E-state index contributed by atoms with van der Waals surface area (Å²) in [5.74, 6) is -0.871. The minimum absolute atomic E-state index is 0.0144. The molecule has 0 saturated carbocycles. The Morgan fingerprint density at radius 3 is 2.50 bits per heavy atom. The lowest BCUT2D eigenvalue weighted by atomic mass is 9.88. The Morgan fingerprint density at radius 2 is 1.82 bits per heavy atom. The first kappa shape index (κ1) is 23.2. The van der Waals surface area contributed by atoms with Gasteiger partial charge in [-0.15, -0.1) is 0 Å². The number of nitro groups is 1. The number of aromatic nitrogens is 1. The molecular formula is C27H26FN3O3. The molecule has 6 nitrogen and oxygen atoms in total. The van der Waals surface area contributed by atoms with Crippen molar-refractivity contribution in [3.63, 3.8) is 0 Å². The summed E-state index contributed by atoms with van der Waals surface area (Å²) >= 11 is 0. The average molecular weight is 460 g/mol. The third kappa shape index (κ3) is 5.14. The fourth-order valence-corrected chi connectivity index (χ4v) is 4.24. The molecule has 0 bridgehead atoms. The van der Waals surface area contributed by atoms with Gasteiger partial charge < -0.3 is 9.88 Å². The number of nitrogens with zero attached hydrogens (tertiary/aromatic N) is 2. The second-order valence-electron chi connectivity index (χ2n) is 8.31. The summed E-state index contributed by atoms with van der Waals surface area (Å²) in [5.41, 5.74) is 3.49. The second kappa shape index (κ2) is 10.3. The van der Waals surface area contributed by atoms with Crippen LogP contribution in [0.2, 0.25) is 0 Å². The van der Waals surface area contributed by atoms with Crippen LogP contribution in [0.4, 0.5) is 10.1 Å². The van der Waals surface area contributed by atoms with E-state index in [0.717, 1.165) is 28.6 Å². The Hall–Kier alpha value is -4.00. The van der Waals surface area contributed by atoms with Crippen molar-refractivity contribution in [1.29, 1.82) is 0 Å². The molecule has 34 heavy (non-hydrogen) atoms. The third-order valence-electron chi connectivity index (χ3n) is 5.91. The normalized spacial score (nSPS) is 11.9. The first-order valence-corrected chi connectivity index (χ1v) is 11.3. The van der Waals surface area contributed by atoms with Crippen molar-refractivity contribution in [2.45, 2.75) is 32.2 Å². The number of carbonyl (C=O) groups excluding carboxylic acids is 1. The molecular weight excluding hydrogens is 433 g/mol. The van der Waals surface area contributed by atoms with Gasteiger partial charge in [-0.05, 0) is 41.3 Å². The lowest BCUT2D eigenvalue weighted by Gasteiger charge is -2.17. The first-order chi connectivity index (χ1) is 16.5. The lowest BCUT2D eigenvalue weighted by Crippen LogP contribution is -2.26. The molecule has 0 saturated heterocycles. The Labute approximate surface area is 197 Å². The highest BCUT2D eigenvalue weighted by Gasteiger charge is 2.24. The van der Waals surface area contributed by atoms with Gasteiger partial charge in [0, 0.05) is 54.7 Å². The van der Waals surface area contributed by atoms with Crippen LogP contribution in [0, 0.1) is 15.9 Å². The van der Waals surface area contributed by atoms with Crippen LogP contribution < -0.4 is 5.32 Å². The molecule has 1 atom stereocenters. The molecule has 1 aromatic heterocycles. The van der Waals surface area contributed by atoms with Gasteiger partial charge in [0.15, 0.2) is 0 Å². The quantitative estimate of drug-likeness (QED) is 0.254. The molecule has 4 rings (SSSR count). The fourth-order valence-electron chi connectivity index (χ4n) is 4.24. The number of amides is 1. The van der Waals surface area contributed by atoms with Gasteiger partial charge in [-0.1, -0.05) is 49.4 Å². The van der Waals surface area contributed by atoms with Gasteiger partial charge in [0.05, 0.1) is 4.92 Å². The number of halogens is 1. The molecule has 1 amide bonds. The summed E-state index contributed by atoms with van der Waals surface area (Å²) in [7, 11) is 0. The summed E-state index contributed by atoms with van der Waals surface area (Å²) < 4.78 is 15.7. The summed E-state index contributed by atoms with van der Waals surface area (Å²) in [5, 5.41) is 15.1. The highest BCUT2D eigenvalue weighted by Crippen LogP contribution is 2.36. The number of carbonyl (C=O) groups is 1. The van der Waals surface area contributed by atoms with Gasteiger partial charge in [0.25, 0.3) is 5.69 Å². The molecule has 0 aliphatic heterocycles. The standard InChI is InChI=1S/C27H26FN3O3/c1-2-14-29-27(32)16-23(20-8-10-21(28)11-9-20)25-18-30(17-19-6-4-3-5-7-19)26-13-12-22(31(33)34)15-24(25)26/h3-13,15,18,23H,2,14,16-17H2,1H3,(H,29,32)/t23-/m1/s1. The summed E-state index contributed by atoms with van der Waals surface area (Å²) in [6.07, 6.45) is 2.93. The van der Waals surface area contributed by atoms with Gasteiger partial charge in [-0.2, -0.15) is 0 Å². The SMILES string of the molecule is CCCNC(=O)C[C@H](c1ccc(F)cc1)c1cn(Cc2ccccc2)c2ccc([N+](=O)[O-])cc12. The monoisotopic (exact) mass is 459 g/mol. The topological polar surface area (TPSA) is 77.2 Å². The van der Waals surface area contributed by atoms with Crippen LogP contribution in [0.25, 0.3) is 10.9 Å². The van der Waals surface area contributed by atoms with Gasteiger partial charge in [0.1, 0.15) is 5.82 Å². The van der Waals surface area contributed by atoms with E-state index in [0.29, 0.717) is 18.5 Å². The number of nitrogens with one attached hydrogen (secondary N) is 1. The van der Waals surface area contributed by atoms with Crippen LogP contribution in [0.5, 0.6) is 0 Å². The van der Waals surface area contributed by atoms with Crippen molar-refractivity contribution in [2.75, 3.05) is 6.54 Å². The number of fused-ring (bicyclic) bond motifs is 1. The van der Waals surface area contributed by atoms with Crippen LogP contribution in [-0.4, -0.2) is 21.9 Å². The van der Waals surface area contributed by atoms with Crippen molar-refractivity contribution in [1.82, 2.24) is 9.88 Å². The van der Waals surface area contributed by atoms with E-state index in [2.05, 4.69) is 5.32 Å². The van der Waals surface area contributed by atoms with E-state index in [1.165, 1.54) is 18.2 Å². The summed E-state index contributed by atoms with van der Waals surface area (Å²) in [6, 6.07) is 20.8. The lowest BCUT2D eigenvalue weighted by molar-refractivity contribution is -0.384. The van der Waals surface area contributed by atoms with Crippen LogP contribution in [0.1, 0.15) is 42.4 Å². The second-order valence-corrected chi connectivity index (χ2v) is 8.31. The molecule has 0 unspecified atom stereocenters. The highest BCUT2D eigenvalue weighted by atomic mass is 19.1. The Kier molecular flexibility index (Phi) is 7.01. The van der Waals surface area contributed by atoms with Crippen molar-refractivity contribution in [3.8, 4) is 0 Å². The third-order valence-corrected chi connectivity index (χ3v) is 5.91. The molecule has 4 aromatic rings. The number of non-ortho nitro benzene ring substituents is 1. The zero-order valence-corrected chi connectivity index (χ0v) is 18.9. The van der Waals surface area contributed by atoms with Crippen molar-refractivity contribution < 1.29 is 14.1 Å². The van der Waals surface area contributed by atoms with Gasteiger partial charge >= 0.3 is 0 Å². The van der Waals surface area contributed by atoms with Crippen LogP contribution >= 0.6 is 0 Å². The van der Waals surface area contributed by atoms with E-state index < -0.39 is 4.92 Å². The zero-order chi connectivity index (χ0) is 24.1. The molecule has 3 aromatic carbocycles. The molecule has 1 N–H and O–H groups in total. The van der Waals surface area contributed by atoms with E-state index in [-0.39, 0.29) is 29.8 Å². The van der Waals surface area contributed by atoms with Gasteiger partial charge in [-0.3, -0.25) is 14.9 Å². The number of nitro benzene ring substituents is 1. The van der Waals surface area contributed by atoms with E-state index in [1.54, 1.807) is 24.3 Å². The van der Waals surface area contributed by atoms with Crippen LogP contribution in [0.15, 0.2) is 79.0 Å². The fraction of sp³-hybridized carbons (Fsp3) is 0.222. The Morgan fingerprint density at radius 1 is 1.09 bits per heavy atom.